The van der Waals surface area contributed by atoms with Crippen molar-refractivity contribution in [1.82, 2.24) is 14.7 Å². The molecule has 4 rings (SSSR count). The molecule has 0 radical (unpaired) electrons. The molecule has 2 aromatic rings. The topological polar surface area (TPSA) is 96.8 Å². The van der Waals surface area contributed by atoms with E-state index < -0.39 is 6.04 Å². The number of rotatable bonds is 5. The fourth-order valence-electron chi connectivity index (χ4n) is 3.24. The van der Waals surface area contributed by atoms with Gasteiger partial charge < -0.3 is 15.0 Å². The first kappa shape index (κ1) is 17.1. The van der Waals surface area contributed by atoms with E-state index >= 15 is 0 Å². The summed E-state index contributed by atoms with van der Waals surface area (Å²) in [4.78, 5) is 39.2. The van der Waals surface area contributed by atoms with Crippen molar-refractivity contribution in [3.05, 3.63) is 42.2 Å². The molecule has 0 aliphatic carbocycles. The summed E-state index contributed by atoms with van der Waals surface area (Å²) in [6.07, 6.45) is 2.92. The number of cyclic esters (lactones) is 1. The number of carbonyl (C=O) groups excluding carboxylic acids is 3. The van der Waals surface area contributed by atoms with Crippen molar-refractivity contribution < 1.29 is 19.1 Å². The second kappa shape index (κ2) is 6.75. The molecule has 1 aromatic carbocycles. The molecule has 3 amide bonds. The van der Waals surface area contributed by atoms with E-state index in [4.69, 9.17) is 4.74 Å². The number of amides is 3. The molecule has 2 saturated heterocycles. The van der Waals surface area contributed by atoms with Crippen molar-refractivity contribution in [3.63, 3.8) is 0 Å². The Labute approximate surface area is 155 Å². The Hall–Kier alpha value is -3.36. The number of hydrogen-bond donors (Lipinski definition) is 1. The van der Waals surface area contributed by atoms with Crippen LogP contribution in [0.2, 0.25) is 0 Å². The lowest BCUT2D eigenvalue weighted by Gasteiger charge is -2.15. The molecular formula is C18H19N5O4. The van der Waals surface area contributed by atoms with Crippen LogP contribution >= 0.6 is 0 Å². The molecule has 1 unspecified atom stereocenters. The summed E-state index contributed by atoms with van der Waals surface area (Å²) in [5, 5.41) is 7.12. The van der Waals surface area contributed by atoms with Gasteiger partial charge in [-0.05, 0) is 17.7 Å². The minimum absolute atomic E-state index is 0.0924. The van der Waals surface area contributed by atoms with Gasteiger partial charge in [0.25, 0.3) is 5.91 Å². The van der Waals surface area contributed by atoms with Gasteiger partial charge in [-0.1, -0.05) is 12.1 Å². The van der Waals surface area contributed by atoms with E-state index in [1.165, 1.54) is 6.20 Å². The van der Waals surface area contributed by atoms with Gasteiger partial charge in [-0.2, -0.15) is 5.10 Å². The van der Waals surface area contributed by atoms with Gasteiger partial charge >= 0.3 is 6.09 Å². The number of benzene rings is 1. The largest absolute Gasteiger partial charge is 0.448 e. The van der Waals surface area contributed by atoms with E-state index in [0.29, 0.717) is 25.4 Å². The lowest BCUT2D eigenvalue weighted by molar-refractivity contribution is -0.121. The van der Waals surface area contributed by atoms with Crippen molar-refractivity contribution in [2.24, 2.45) is 7.05 Å². The normalized spacial score (nSPS) is 19.7. The van der Waals surface area contributed by atoms with Gasteiger partial charge in [0.1, 0.15) is 12.6 Å². The van der Waals surface area contributed by atoms with Gasteiger partial charge in [-0.25, -0.2) is 9.69 Å². The zero-order chi connectivity index (χ0) is 19.0. The number of carbonyl (C=O) groups is 3. The second-order valence-corrected chi connectivity index (χ2v) is 6.57. The Morgan fingerprint density at radius 2 is 2.00 bits per heavy atom. The van der Waals surface area contributed by atoms with E-state index in [1.54, 1.807) is 22.8 Å². The van der Waals surface area contributed by atoms with Crippen molar-refractivity contribution in [2.45, 2.75) is 19.0 Å². The summed E-state index contributed by atoms with van der Waals surface area (Å²) in [6, 6.07) is 6.82. The number of imide groups is 1. The average Bonchev–Trinajstić information content (AvgIpc) is 3.31. The Morgan fingerprint density at radius 1 is 1.22 bits per heavy atom. The third kappa shape index (κ3) is 3.35. The summed E-state index contributed by atoms with van der Waals surface area (Å²) in [7, 11) is 1.73. The summed E-state index contributed by atoms with van der Waals surface area (Å²) in [6.45, 7) is 1.49. The van der Waals surface area contributed by atoms with Gasteiger partial charge in [-0.3, -0.25) is 14.3 Å². The van der Waals surface area contributed by atoms with Crippen LogP contribution in [0.3, 0.4) is 0 Å². The number of nitrogens with one attached hydrogen (secondary N) is 1. The molecule has 2 fully saturated rings. The third-order valence-electron chi connectivity index (χ3n) is 4.61. The number of hydrogen-bond acceptors (Lipinski definition) is 6. The maximum absolute atomic E-state index is 12.6. The van der Waals surface area contributed by atoms with Gasteiger partial charge in [-0.15, -0.1) is 0 Å². The first-order chi connectivity index (χ1) is 13.0. The van der Waals surface area contributed by atoms with Gasteiger partial charge in [0.05, 0.1) is 24.8 Å². The molecule has 140 valence electrons. The molecule has 1 aromatic heterocycles. The number of aryl methyl sites for hydroxylation is 1. The van der Waals surface area contributed by atoms with Gasteiger partial charge in [0.15, 0.2) is 0 Å². The zero-order valence-electron chi connectivity index (χ0n) is 14.8. The van der Waals surface area contributed by atoms with Crippen LogP contribution in [0.15, 0.2) is 36.7 Å². The SMILES string of the molecule is Cn1cc(N2C(=O)CC(Nc3ccc(CN4CCOC4=O)cc3)C2=O)cn1. The lowest BCUT2D eigenvalue weighted by atomic mass is 10.1. The third-order valence-corrected chi connectivity index (χ3v) is 4.61. The van der Waals surface area contributed by atoms with E-state index in [-0.39, 0.29) is 24.3 Å². The number of ether oxygens (including phenoxy) is 1. The Morgan fingerprint density at radius 3 is 2.63 bits per heavy atom. The number of aromatic nitrogens is 2. The second-order valence-electron chi connectivity index (χ2n) is 6.57. The van der Waals surface area contributed by atoms with Gasteiger partial charge in [0, 0.05) is 25.5 Å². The van der Waals surface area contributed by atoms with Crippen LogP contribution in [0, 0.1) is 0 Å². The minimum atomic E-state index is -0.614. The van der Waals surface area contributed by atoms with Crippen LogP contribution in [0.4, 0.5) is 16.2 Å². The highest BCUT2D eigenvalue weighted by atomic mass is 16.6. The molecule has 1 atom stereocenters. The first-order valence-corrected chi connectivity index (χ1v) is 8.64. The number of nitrogens with zero attached hydrogens (tertiary/aromatic N) is 4. The van der Waals surface area contributed by atoms with Crippen LogP contribution in [0.25, 0.3) is 0 Å². The Kier molecular flexibility index (Phi) is 4.27. The van der Waals surface area contributed by atoms with Crippen LogP contribution < -0.4 is 10.2 Å². The average molecular weight is 369 g/mol. The number of anilines is 2. The predicted molar refractivity (Wildman–Crippen MR) is 95.9 cm³/mol. The van der Waals surface area contributed by atoms with E-state index in [1.807, 2.05) is 24.3 Å². The highest BCUT2D eigenvalue weighted by Gasteiger charge is 2.40. The van der Waals surface area contributed by atoms with Crippen molar-refractivity contribution in [2.75, 3.05) is 23.4 Å². The molecule has 2 aliphatic rings. The molecule has 9 heteroatoms. The van der Waals surface area contributed by atoms with Crippen molar-refractivity contribution in [1.29, 1.82) is 0 Å². The monoisotopic (exact) mass is 369 g/mol. The molecule has 0 bridgehead atoms. The fourth-order valence-corrected chi connectivity index (χ4v) is 3.24. The minimum Gasteiger partial charge on any atom is -0.448 e. The fraction of sp³-hybridized carbons (Fsp3) is 0.333. The maximum Gasteiger partial charge on any atom is 0.410 e. The zero-order valence-corrected chi connectivity index (χ0v) is 14.8. The van der Waals surface area contributed by atoms with E-state index in [0.717, 1.165) is 16.2 Å². The molecule has 1 N–H and O–H groups in total. The highest BCUT2D eigenvalue weighted by molar-refractivity contribution is 6.23. The molecule has 9 nitrogen and oxygen atoms in total. The summed E-state index contributed by atoms with van der Waals surface area (Å²) >= 11 is 0. The Balaban J connectivity index is 1.41. The standard InChI is InChI=1S/C18H19N5O4/c1-21-11-14(9-19-21)23-16(24)8-15(17(23)25)20-13-4-2-12(3-5-13)10-22-6-7-27-18(22)26/h2-5,9,11,15,20H,6-8,10H2,1H3. The molecule has 0 spiro atoms. The van der Waals surface area contributed by atoms with Crippen LogP contribution in [-0.4, -0.2) is 51.8 Å². The summed E-state index contributed by atoms with van der Waals surface area (Å²) < 4.78 is 6.46. The predicted octanol–water partition coefficient (Wildman–Crippen LogP) is 1.12. The van der Waals surface area contributed by atoms with E-state index in [2.05, 4.69) is 10.4 Å². The summed E-state index contributed by atoms with van der Waals surface area (Å²) in [5.41, 5.74) is 2.18. The Bertz CT molecular complexity index is 891. The first-order valence-electron chi connectivity index (χ1n) is 8.64. The molecule has 3 heterocycles. The van der Waals surface area contributed by atoms with Crippen LogP contribution in [-0.2, 0) is 27.9 Å². The van der Waals surface area contributed by atoms with E-state index in [9.17, 15) is 14.4 Å². The quantitative estimate of drug-likeness (QED) is 0.794. The van der Waals surface area contributed by atoms with Crippen LogP contribution in [0.5, 0.6) is 0 Å². The molecule has 2 aliphatic heterocycles. The van der Waals surface area contributed by atoms with Gasteiger partial charge in [0.2, 0.25) is 5.91 Å². The lowest BCUT2D eigenvalue weighted by Crippen LogP contribution is -2.34. The van der Waals surface area contributed by atoms with Crippen LogP contribution in [0.1, 0.15) is 12.0 Å². The smallest absolute Gasteiger partial charge is 0.410 e. The van der Waals surface area contributed by atoms with Crippen molar-refractivity contribution >= 4 is 29.3 Å². The molecular weight excluding hydrogens is 350 g/mol. The molecule has 27 heavy (non-hydrogen) atoms. The summed E-state index contributed by atoms with van der Waals surface area (Å²) in [5.74, 6) is -0.549. The highest BCUT2D eigenvalue weighted by Crippen LogP contribution is 2.24. The molecule has 0 saturated carbocycles. The maximum atomic E-state index is 12.6. The van der Waals surface area contributed by atoms with Crippen molar-refractivity contribution in [3.8, 4) is 0 Å².